The number of ether oxygens (including phenoxy) is 1. The van der Waals surface area contributed by atoms with Crippen LogP contribution in [0.5, 0.6) is 5.75 Å². The van der Waals surface area contributed by atoms with Gasteiger partial charge in [0.1, 0.15) is 5.75 Å². The first kappa shape index (κ1) is 19.1. The van der Waals surface area contributed by atoms with E-state index in [2.05, 4.69) is 30.8 Å². The molecule has 1 fully saturated rings. The van der Waals surface area contributed by atoms with E-state index in [4.69, 9.17) is 8.85 Å². The first-order valence-corrected chi connectivity index (χ1v) is 11.1. The number of fused-ring (bicyclic) bond motifs is 3. The van der Waals surface area contributed by atoms with Crippen molar-refractivity contribution in [2.75, 3.05) is 36.7 Å². The van der Waals surface area contributed by atoms with E-state index < -0.39 is 12.9 Å². The summed E-state index contributed by atoms with van der Waals surface area (Å²) in [5.74, 6) is -0.260. The van der Waals surface area contributed by atoms with Crippen LogP contribution >= 0.6 is 0 Å². The number of carbonyl (C=O) groups is 2. The topological polar surface area (TPSA) is 134 Å². The maximum atomic E-state index is 12.8. The number of carbonyl (C=O) groups excluding carboxylic acids is 2. The lowest BCUT2D eigenvalue weighted by molar-refractivity contribution is -0.117. The molecule has 1 aliphatic heterocycles. The van der Waals surface area contributed by atoms with Gasteiger partial charge in [0.2, 0.25) is 5.91 Å². The highest BCUT2D eigenvalue weighted by atomic mass is 16.5. The van der Waals surface area contributed by atoms with Crippen molar-refractivity contribution < 1.29 is 18.4 Å². The van der Waals surface area contributed by atoms with Crippen LogP contribution in [0.25, 0.3) is 11.3 Å². The second-order valence-corrected chi connectivity index (χ2v) is 8.46. The van der Waals surface area contributed by atoms with Gasteiger partial charge < -0.3 is 25.6 Å². The van der Waals surface area contributed by atoms with Crippen LogP contribution in [0.15, 0.2) is 30.6 Å². The Balaban J connectivity index is 1.61. The van der Waals surface area contributed by atoms with Crippen molar-refractivity contribution >= 4 is 34.8 Å². The summed E-state index contributed by atoms with van der Waals surface area (Å²) in [6.07, 6.45) is 4.83. The molecule has 3 aromatic rings. The predicted molar refractivity (Wildman–Crippen MR) is 131 cm³/mol. The maximum absolute atomic E-state index is 12.8. The summed E-state index contributed by atoms with van der Waals surface area (Å²) in [4.78, 5) is 36.3. The fraction of sp³-hybridized carbons (Fsp3) is 0.333. The van der Waals surface area contributed by atoms with Crippen molar-refractivity contribution in [3.63, 3.8) is 0 Å². The van der Waals surface area contributed by atoms with Gasteiger partial charge in [0.05, 0.1) is 42.0 Å². The van der Waals surface area contributed by atoms with Gasteiger partial charge in [-0.2, -0.15) is 0 Å². The zero-order valence-electron chi connectivity index (χ0n) is 22.4. The minimum atomic E-state index is -2.74. The number of hydrogen-bond donors (Lipinski definition) is 3. The van der Waals surface area contributed by atoms with Gasteiger partial charge in [-0.05, 0) is 25.8 Å². The minimum absolute atomic E-state index is 0.0667. The van der Waals surface area contributed by atoms with E-state index in [-0.39, 0.29) is 35.1 Å². The number of anilines is 4. The Labute approximate surface area is 206 Å². The lowest BCUT2D eigenvalue weighted by Crippen LogP contribution is -2.28. The van der Waals surface area contributed by atoms with E-state index in [0.29, 0.717) is 22.8 Å². The van der Waals surface area contributed by atoms with Crippen molar-refractivity contribution in [2.45, 2.75) is 25.8 Å². The molecule has 3 aromatic heterocycles. The lowest BCUT2D eigenvalue weighted by Gasteiger charge is -2.36. The Bertz CT molecular complexity index is 1430. The third kappa shape index (κ3) is 3.98. The molecule has 35 heavy (non-hydrogen) atoms. The first-order valence-electron chi connectivity index (χ1n) is 12.6. The molecule has 11 heteroatoms. The number of nitrogens with one attached hydrogen (secondary N) is 3. The Morgan fingerprint density at radius 2 is 2.09 bits per heavy atom. The monoisotopic (exact) mass is 477 g/mol. The van der Waals surface area contributed by atoms with E-state index in [1.165, 1.54) is 12.3 Å². The van der Waals surface area contributed by atoms with Crippen LogP contribution in [0, 0.1) is 5.92 Å². The van der Waals surface area contributed by atoms with Gasteiger partial charge in [-0.25, -0.2) is 4.98 Å². The van der Waals surface area contributed by atoms with E-state index in [0.717, 1.165) is 24.1 Å². The van der Waals surface area contributed by atoms with Crippen molar-refractivity contribution in [1.82, 2.24) is 25.5 Å². The molecule has 2 aliphatic rings. The van der Waals surface area contributed by atoms with Gasteiger partial charge in [-0.15, -0.1) is 10.2 Å². The van der Waals surface area contributed by atoms with Crippen molar-refractivity contribution in [3.8, 4) is 17.0 Å². The summed E-state index contributed by atoms with van der Waals surface area (Å²) in [6.45, 7) is -0.709. The summed E-state index contributed by atoms with van der Waals surface area (Å²) < 4.78 is 27.9. The number of rotatable bonds is 6. The molecule has 11 nitrogen and oxygen atoms in total. The fourth-order valence-electron chi connectivity index (χ4n) is 4.14. The van der Waals surface area contributed by atoms with Gasteiger partial charge in [-0.1, -0.05) is 6.07 Å². The average molecular weight is 478 g/mol. The second kappa shape index (κ2) is 8.82. The number of amides is 2. The zero-order valence-corrected chi connectivity index (χ0v) is 19.4. The molecule has 180 valence electrons. The Morgan fingerprint density at radius 1 is 1.26 bits per heavy atom. The summed E-state index contributed by atoms with van der Waals surface area (Å²) >= 11 is 0. The first-order chi connectivity index (χ1) is 18.1. The lowest BCUT2D eigenvalue weighted by atomic mass is 9.93. The Morgan fingerprint density at radius 3 is 2.83 bits per heavy atom. The highest BCUT2D eigenvalue weighted by Gasteiger charge is 2.33. The number of hydrogen-bond acceptors (Lipinski definition) is 9. The molecule has 0 radical (unpaired) electrons. The molecule has 0 unspecified atom stereocenters. The SMILES string of the molecule is [2H]C([2H])([2H])NC(=O)c1nnc(NC(=O)C2CC2)cc1Nc1ncc(OC)c2c1N(C)[C@@H](C)c1cccnc1-2. The van der Waals surface area contributed by atoms with Crippen LogP contribution in [0.4, 0.5) is 23.0 Å². The van der Waals surface area contributed by atoms with Crippen LogP contribution in [-0.2, 0) is 4.79 Å². The van der Waals surface area contributed by atoms with Crippen molar-refractivity contribution in [2.24, 2.45) is 5.92 Å². The van der Waals surface area contributed by atoms with Crippen molar-refractivity contribution in [1.29, 1.82) is 0 Å². The van der Waals surface area contributed by atoms with Gasteiger partial charge in [0.15, 0.2) is 17.3 Å². The third-order valence-electron chi connectivity index (χ3n) is 6.27. The molecule has 4 heterocycles. The summed E-state index contributed by atoms with van der Waals surface area (Å²) in [5.41, 5.74) is 2.94. The molecule has 1 atom stereocenters. The second-order valence-electron chi connectivity index (χ2n) is 8.46. The Hall–Kier alpha value is -4.28. The normalized spacial score (nSPS) is 17.7. The Kier molecular flexibility index (Phi) is 4.81. The fourth-order valence-corrected chi connectivity index (χ4v) is 4.14. The largest absolute Gasteiger partial charge is 0.494 e. The smallest absolute Gasteiger partial charge is 0.273 e. The molecule has 1 saturated carbocycles. The van der Waals surface area contributed by atoms with Gasteiger partial charge in [0, 0.05) is 41.9 Å². The number of methoxy groups -OCH3 is 1. The van der Waals surface area contributed by atoms with Crippen molar-refractivity contribution in [3.05, 3.63) is 41.9 Å². The molecule has 1 aliphatic carbocycles. The zero-order chi connectivity index (χ0) is 27.2. The molecular formula is C24H26N8O3. The van der Waals surface area contributed by atoms with E-state index in [1.807, 2.05) is 36.3 Å². The molecule has 5 rings (SSSR count). The van der Waals surface area contributed by atoms with Gasteiger partial charge in [0.25, 0.3) is 5.91 Å². The molecular weight excluding hydrogens is 448 g/mol. The molecule has 3 N–H and O–H groups in total. The highest BCUT2D eigenvalue weighted by molar-refractivity contribution is 6.01. The molecule has 0 aromatic carbocycles. The summed E-state index contributed by atoms with van der Waals surface area (Å²) in [6, 6.07) is 5.23. The average Bonchev–Trinajstić information content (AvgIpc) is 3.72. The molecule has 2 amide bonds. The third-order valence-corrected chi connectivity index (χ3v) is 6.27. The molecule has 0 saturated heterocycles. The number of nitrogens with zero attached hydrogens (tertiary/aromatic N) is 5. The maximum Gasteiger partial charge on any atom is 0.273 e. The van der Waals surface area contributed by atoms with Crippen LogP contribution < -0.4 is 25.6 Å². The molecule has 0 spiro atoms. The molecule has 0 bridgehead atoms. The standard InChI is InChI=1S/C24H26N8O3/c1-12-14-6-5-9-26-19(14)18-16(35-4)11-27-22(21(18)32(12)3)28-15-10-17(29-23(33)13-7-8-13)30-31-20(15)24(34)25-2/h5-6,9-13H,7-8H2,1-4H3,(H,25,34)(H2,27,28,29,30,33)/t12-/m0/s1/i2D3. The van der Waals surface area contributed by atoms with Crippen LogP contribution in [0.1, 0.15) is 46.0 Å². The number of pyridine rings is 2. The van der Waals surface area contributed by atoms with E-state index in [1.54, 1.807) is 13.3 Å². The highest BCUT2D eigenvalue weighted by Crippen LogP contribution is 2.50. The van der Waals surface area contributed by atoms with Gasteiger partial charge >= 0.3 is 0 Å². The van der Waals surface area contributed by atoms with Crippen LogP contribution in [0.3, 0.4) is 0 Å². The minimum Gasteiger partial charge on any atom is -0.494 e. The van der Waals surface area contributed by atoms with Crippen LogP contribution in [-0.4, -0.2) is 53.1 Å². The summed E-state index contributed by atoms with van der Waals surface area (Å²) in [5, 5.41) is 15.6. The quantitative estimate of drug-likeness (QED) is 0.490. The van der Waals surface area contributed by atoms with Gasteiger partial charge in [-0.3, -0.25) is 14.6 Å². The number of aromatic nitrogens is 4. The van der Waals surface area contributed by atoms with Crippen LogP contribution in [0.2, 0.25) is 0 Å². The van der Waals surface area contributed by atoms with E-state index >= 15 is 0 Å². The predicted octanol–water partition coefficient (Wildman–Crippen LogP) is 2.90. The van der Waals surface area contributed by atoms with E-state index in [9.17, 15) is 9.59 Å². The summed E-state index contributed by atoms with van der Waals surface area (Å²) in [7, 11) is 3.45.